The van der Waals surface area contributed by atoms with E-state index < -0.39 is 17.9 Å². The molecule has 0 saturated heterocycles. The van der Waals surface area contributed by atoms with E-state index in [1.54, 1.807) is 6.07 Å². The van der Waals surface area contributed by atoms with E-state index in [0.29, 0.717) is 6.42 Å². The SMILES string of the molecule is NC(=O)[C@H](Cc1ccccc1I)NC(=O)c1ccc2ccccc2n1. The summed E-state index contributed by atoms with van der Waals surface area (Å²) in [6.45, 7) is 0. The molecule has 0 aliphatic rings. The van der Waals surface area contributed by atoms with Gasteiger partial charge in [0.05, 0.1) is 5.52 Å². The number of hydrogen-bond acceptors (Lipinski definition) is 3. The maximum absolute atomic E-state index is 12.5. The fourth-order valence-corrected chi connectivity index (χ4v) is 3.14. The molecule has 0 aliphatic carbocycles. The number of amides is 2. The number of nitrogens with one attached hydrogen (secondary N) is 1. The molecule has 0 aliphatic heterocycles. The van der Waals surface area contributed by atoms with Crippen LogP contribution in [0.3, 0.4) is 0 Å². The van der Waals surface area contributed by atoms with Gasteiger partial charge in [0.25, 0.3) is 5.91 Å². The van der Waals surface area contributed by atoms with E-state index in [-0.39, 0.29) is 5.69 Å². The van der Waals surface area contributed by atoms with E-state index in [2.05, 4.69) is 32.9 Å². The van der Waals surface area contributed by atoms with Crippen molar-refractivity contribution in [1.29, 1.82) is 0 Å². The van der Waals surface area contributed by atoms with E-state index in [1.807, 2.05) is 54.6 Å². The highest BCUT2D eigenvalue weighted by Gasteiger charge is 2.21. The molecule has 2 amide bonds. The Kier molecular flexibility index (Phi) is 5.28. The van der Waals surface area contributed by atoms with E-state index >= 15 is 0 Å². The second-order valence-electron chi connectivity index (χ2n) is 5.61. The van der Waals surface area contributed by atoms with Gasteiger partial charge in [-0.05, 0) is 46.4 Å². The number of hydrogen-bond donors (Lipinski definition) is 2. The summed E-state index contributed by atoms with van der Waals surface area (Å²) < 4.78 is 1.02. The number of halogens is 1. The quantitative estimate of drug-likeness (QED) is 0.593. The Morgan fingerprint density at radius 2 is 1.76 bits per heavy atom. The summed E-state index contributed by atoms with van der Waals surface area (Å²) in [5.74, 6) is -0.991. The summed E-state index contributed by atoms with van der Waals surface area (Å²) in [5.41, 5.74) is 7.41. The monoisotopic (exact) mass is 445 g/mol. The molecular weight excluding hydrogens is 429 g/mol. The van der Waals surface area contributed by atoms with Crippen LogP contribution in [0.25, 0.3) is 10.9 Å². The second-order valence-corrected chi connectivity index (χ2v) is 6.78. The number of aromatic nitrogens is 1. The maximum atomic E-state index is 12.5. The Hall–Kier alpha value is -2.48. The van der Waals surface area contributed by atoms with Crippen molar-refractivity contribution in [1.82, 2.24) is 10.3 Å². The minimum Gasteiger partial charge on any atom is -0.368 e. The second kappa shape index (κ2) is 7.60. The maximum Gasteiger partial charge on any atom is 0.270 e. The van der Waals surface area contributed by atoms with Crippen LogP contribution in [-0.2, 0) is 11.2 Å². The molecule has 5 nitrogen and oxygen atoms in total. The molecule has 1 heterocycles. The molecule has 1 atom stereocenters. The van der Waals surface area contributed by atoms with Gasteiger partial charge in [-0.15, -0.1) is 0 Å². The van der Waals surface area contributed by atoms with Gasteiger partial charge in [-0.2, -0.15) is 0 Å². The normalized spacial score (nSPS) is 11.9. The fraction of sp³-hybridized carbons (Fsp3) is 0.105. The van der Waals surface area contributed by atoms with Crippen molar-refractivity contribution in [2.24, 2.45) is 5.73 Å². The molecule has 0 bridgehead atoms. The number of nitrogens with zero attached hydrogens (tertiary/aromatic N) is 1. The molecule has 0 unspecified atom stereocenters. The summed E-state index contributed by atoms with van der Waals surface area (Å²) in [6.07, 6.45) is 0.341. The van der Waals surface area contributed by atoms with Crippen LogP contribution in [0.15, 0.2) is 60.7 Å². The lowest BCUT2D eigenvalue weighted by molar-refractivity contribution is -0.119. The average Bonchev–Trinajstić information content (AvgIpc) is 2.62. The summed E-state index contributed by atoms with van der Waals surface area (Å²) >= 11 is 2.19. The largest absolute Gasteiger partial charge is 0.368 e. The van der Waals surface area contributed by atoms with Crippen molar-refractivity contribution in [3.63, 3.8) is 0 Å². The molecule has 0 saturated carbocycles. The Labute approximate surface area is 158 Å². The summed E-state index contributed by atoms with van der Waals surface area (Å²) in [6, 6.07) is 17.9. The number of carbonyl (C=O) groups excluding carboxylic acids is 2. The van der Waals surface area contributed by atoms with E-state index in [1.165, 1.54) is 0 Å². The third-order valence-corrected chi connectivity index (χ3v) is 4.91. The van der Waals surface area contributed by atoms with Crippen molar-refractivity contribution in [3.8, 4) is 0 Å². The number of para-hydroxylation sites is 1. The molecule has 0 radical (unpaired) electrons. The Bertz CT molecular complexity index is 943. The number of rotatable bonds is 5. The summed E-state index contributed by atoms with van der Waals surface area (Å²) in [7, 11) is 0. The van der Waals surface area contributed by atoms with Crippen molar-refractivity contribution >= 4 is 45.3 Å². The van der Waals surface area contributed by atoms with Crippen molar-refractivity contribution < 1.29 is 9.59 Å². The zero-order valence-corrected chi connectivity index (χ0v) is 15.4. The molecule has 3 rings (SSSR count). The van der Waals surface area contributed by atoms with Crippen LogP contribution in [0.2, 0.25) is 0 Å². The van der Waals surface area contributed by atoms with Gasteiger partial charge in [0, 0.05) is 15.4 Å². The molecule has 1 aromatic heterocycles. The van der Waals surface area contributed by atoms with Gasteiger partial charge in [-0.25, -0.2) is 4.98 Å². The first-order valence-corrected chi connectivity index (χ1v) is 8.82. The molecule has 126 valence electrons. The highest BCUT2D eigenvalue weighted by molar-refractivity contribution is 14.1. The van der Waals surface area contributed by atoms with Crippen LogP contribution in [0.5, 0.6) is 0 Å². The van der Waals surface area contributed by atoms with Crippen molar-refractivity contribution in [3.05, 3.63) is 75.5 Å². The predicted octanol–water partition coefficient (Wildman–Crippen LogP) is 2.67. The highest BCUT2D eigenvalue weighted by Crippen LogP contribution is 2.15. The van der Waals surface area contributed by atoms with Gasteiger partial charge in [-0.3, -0.25) is 9.59 Å². The van der Waals surface area contributed by atoms with Crippen LogP contribution in [0, 0.1) is 3.57 Å². The van der Waals surface area contributed by atoms with Crippen LogP contribution in [0.1, 0.15) is 16.1 Å². The Morgan fingerprint density at radius 3 is 2.52 bits per heavy atom. The van der Waals surface area contributed by atoms with Crippen molar-refractivity contribution in [2.45, 2.75) is 12.5 Å². The van der Waals surface area contributed by atoms with Gasteiger partial charge >= 0.3 is 0 Å². The highest BCUT2D eigenvalue weighted by atomic mass is 127. The third kappa shape index (κ3) is 4.14. The molecule has 3 N–H and O–H groups in total. The first kappa shape index (κ1) is 17.3. The number of nitrogens with two attached hydrogens (primary N) is 1. The molecule has 0 fully saturated rings. The molecule has 2 aromatic carbocycles. The summed E-state index contributed by atoms with van der Waals surface area (Å²) in [5, 5.41) is 3.64. The van der Waals surface area contributed by atoms with Crippen LogP contribution in [-0.4, -0.2) is 22.8 Å². The van der Waals surface area contributed by atoms with Crippen LogP contribution < -0.4 is 11.1 Å². The molecular formula is C19H16IN3O2. The predicted molar refractivity (Wildman–Crippen MR) is 105 cm³/mol. The number of pyridine rings is 1. The number of carbonyl (C=O) groups is 2. The lowest BCUT2D eigenvalue weighted by Gasteiger charge is -2.16. The minimum absolute atomic E-state index is 0.257. The molecule has 3 aromatic rings. The topological polar surface area (TPSA) is 85.1 Å². The molecule has 0 spiro atoms. The minimum atomic E-state index is -0.795. The Morgan fingerprint density at radius 1 is 1.04 bits per heavy atom. The fourth-order valence-electron chi connectivity index (χ4n) is 2.53. The van der Waals surface area contributed by atoms with E-state index in [4.69, 9.17) is 5.73 Å². The van der Waals surface area contributed by atoms with Gasteiger partial charge in [-0.1, -0.05) is 42.5 Å². The summed E-state index contributed by atoms with van der Waals surface area (Å²) in [4.78, 5) is 28.6. The van der Waals surface area contributed by atoms with Crippen molar-refractivity contribution in [2.75, 3.05) is 0 Å². The molecule has 6 heteroatoms. The Balaban J connectivity index is 1.80. The lowest BCUT2D eigenvalue weighted by atomic mass is 10.1. The third-order valence-electron chi connectivity index (χ3n) is 3.86. The zero-order chi connectivity index (χ0) is 17.8. The lowest BCUT2D eigenvalue weighted by Crippen LogP contribution is -2.46. The smallest absolute Gasteiger partial charge is 0.270 e. The van der Waals surface area contributed by atoms with Gasteiger partial charge in [0.1, 0.15) is 11.7 Å². The van der Waals surface area contributed by atoms with Gasteiger partial charge in [0.15, 0.2) is 0 Å². The number of primary amides is 1. The standard InChI is InChI=1S/C19H16IN3O2/c20-14-7-3-1-6-13(14)11-17(18(21)24)23-19(25)16-10-9-12-5-2-4-8-15(12)22-16/h1-10,17H,11H2,(H2,21,24)(H,23,25)/t17-/m0/s1. The van der Waals surface area contributed by atoms with E-state index in [0.717, 1.165) is 20.0 Å². The van der Waals surface area contributed by atoms with Gasteiger partial charge < -0.3 is 11.1 Å². The molecule has 25 heavy (non-hydrogen) atoms. The van der Waals surface area contributed by atoms with Crippen LogP contribution >= 0.6 is 22.6 Å². The first-order valence-electron chi connectivity index (χ1n) is 7.74. The zero-order valence-electron chi connectivity index (χ0n) is 13.3. The first-order chi connectivity index (χ1) is 12.0. The number of fused-ring (bicyclic) bond motifs is 1. The number of benzene rings is 2. The van der Waals surface area contributed by atoms with E-state index in [9.17, 15) is 9.59 Å². The van der Waals surface area contributed by atoms with Gasteiger partial charge in [0.2, 0.25) is 5.91 Å². The average molecular weight is 445 g/mol. The van der Waals surface area contributed by atoms with Crippen LogP contribution in [0.4, 0.5) is 0 Å².